The van der Waals surface area contributed by atoms with Gasteiger partial charge in [-0.3, -0.25) is 9.59 Å². The molecule has 1 heterocycles. The highest BCUT2D eigenvalue weighted by atomic mass is 19.1. The van der Waals surface area contributed by atoms with Crippen LogP contribution >= 0.6 is 0 Å². The molecule has 144 valence electrons. The van der Waals surface area contributed by atoms with Crippen LogP contribution in [0.3, 0.4) is 0 Å². The Hall–Kier alpha value is -3.03. The van der Waals surface area contributed by atoms with E-state index < -0.39 is 17.5 Å². The Morgan fingerprint density at radius 2 is 1.85 bits per heavy atom. The Bertz CT molecular complexity index is 793. The molecular weight excluding hydrogens is 354 g/mol. The molecule has 0 spiro atoms. The second kappa shape index (κ2) is 9.61. The van der Waals surface area contributed by atoms with E-state index in [9.17, 15) is 18.4 Å². The first kappa shape index (κ1) is 20.3. The SMILES string of the molecule is CCN(CC)c1ccc(NC(=O)CCNC(=O)c2ccc(F)cc2F)cn1. The summed E-state index contributed by atoms with van der Waals surface area (Å²) in [6.07, 6.45) is 1.57. The number of rotatable bonds is 8. The molecule has 0 aliphatic carbocycles. The Kier molecular flexibility index (Phi) is 7.22. The van der Waals surface area contributed by atoms with Crippen molar-refractivity contribution in [2.45, 2.75) is 20.3 Å². The van der Waals surface area contributed by atoms with E-state index in [4.69, 9.17) is 0 Å². The summed E-state index contributed by atoms with van der Waals surface area (Å²) in [7, 11) is 0. The highest BCUT2D eigenvalue weighted by molar-refractivity contribution is 5.95. The summed E-state index contributed by atoms with van der Waals surface area (Å²) in [6.45, 7) is 5.76. The Labute approximate surface area is 156 Å². The van der Waals surface area contributed by atoms with Gasteiger partial charge in [-0.2, -0.15) is 0 Å². The second-order valence-corrected chi connectivity index (χ2v) is 5.76. The maximum Gasteiger partial charge on any atom is 0.254 e. The third-order valence-electron chi connectivity index (χ3n) is 3.93. The van der Waals surface area contributed by atoms with Crippen molar-refractivity contribution < 1.29 is 18.4 Å². The van der Waals surface area contributed by atoms with Crippen molar-refractivity contribution in [3.63, 3.8) is 0 Å². The first-order valence-electron chi connectivity index (χ1n) is 8.68. The molecule has 2 N–H and O–H groups in total. The molecule has 8 heteroatoms. The van der Waals surface area contributed by atoms with Crippen molar-refractivity contribution in [3.05, 3.63) is 53.7 Å². The summed E-state index contributed by atoms with van der Waals surface area (Å²) in [5.41, 5.74) is 0.278. The van der Waals surface area contributed by atoms with Crippen molar-refractivity contribution in [1.82, 2.24) is 10.3 Å². The maximum absolute atomic E-state index is 13.5. The molecule has 0 bridgehead atoms. The molecule has 2 rings (SSSR count). The fourth-order valence-electron chi connectivity index (χ4n) is 2.48. The quantitative estimate of drug-likeness (QED) is 0.743. The zero-order valence-corrected chi connectivity index (χ0v) is 15.3. The number of carbonyl (C=O) groups excluding carboxylic acids is 2. The summed E-state index contributed by atoms with van der Waals surface area (Å²) < 4.78 is 26.4. The fourth-order valence-corrected chi connectivity index (χ4v) is 2.48. The van der Waals surface area contributed by atoms with Crippen molar-refractivity contribution in [1.29, 1.82) is 0 Å². The van der Waals surface area contributed by atoms with Crippen molar-refractivity contribution >= 4 is 23.3 Å². The van der Waals surface area contributed by atoms with Gasteiger partial charge < -0.3 is 15.5 Å². The van der Waals surface area contributed by atoms with Gasteiger partial charge in [0, 0.05) is 32.1 Å². The largest absolute Gasteiger partial charge is 0.357 e. The lowest BCUT2D eigenvalue weighted by molar-refractivity contribution is -0.116. The molecule has 0 atom stereocenters. The van der Waals surface area contributed by atoms with E-state index >= 15 is 0 Å². The number of nitrogens with one attached hydrogen (secondary N) is 2. The molecule has 0 saturated heterocycles. The maximum atomic E-state index is 13.5. The number of aromatic nitrogens is 1. The molecule has 27 heavy (non-hydrogen) atoms. The highest BCUT2D eigenvalue weighted by Gasteiger charge is 2.13. The molecule has 0 radical (unpaired) electrons. The lowest BCUT2D eigenvalue weighted by Crippen LogP contribution is -2.28. The van der Waals surface area contributed by atoms with E-state index in [2.05, 4.69) is 20.5 Å². The van der Waals surface area contributed by atoms with Crippen molar-refractivity contribution in [2.75, 3.05) is 29.9 Å². The lowest BCUT2D eigenvalue weighted by Gasteiger charge is -2.19. The van der Waals surface area contributed by atoms with Gasteiger partial charge in [0.05, 0.1) is 17.4 Å². The van der Waals surface area contributed by atoms with Gasteiger partial charge in [-0.15, -0.1) is 0 Å². The average molecular weight is 376 g/mol. The van der Waals surface area contributed by atoms with E-state index in [1.54, 1.807) is 12.3 Å². The molecule has 0 fully saturated rings. The van der Waals surface area contributed by atoms with E-state index in [1.165, 1.54) is 0 Å². The fraction of sp³-hybridized carbons (Fsp3) is 0.316. The molecule has 1 aromatic carbocycles. The number of pyridine rings is 1. The number of halogens is 2. The molecule has 0 aliphatic heterocycles. The first-order valence-corrected chi connectivity index (χ1v) is 8.68. The predicted octanol–water partition coefficient (Wildman–Crippen LogP) is 2.96. The second-order valence-electron chi connectivity index (χ2n) is 5.76. The van der Waals surface area contributed by atoms with Gasteiger partial charge >= 0.3 is 0 Å². The number of nitrogens with zero attached hydrogens (tertiary/aromatic N) is 2. The summed E-state index contributed by atoms with van der Waals surface area (Å²) in [5.74, 6) is -1.90. The van der Waals surface area contributed by atoms with Crippen molar-refractivity contribution in [3.8, 4) is 0 Å². The molecular formula is C19H22F2N4O2. The number of carbonyl (C=O) groups is 2. The summed E-state index contributed by atoms with van der Waals surface area (Å²) >= 11 is 0. The number of hydrogen-bond acceptors (Lipinski definition) is 4. The van der Waals surface area contributed by atoms with E-state index in [0.29, 0.717) is 11.8 Å². The standard InChI is InChI=1S/C19H22F2N4O2/c1-3-25(4-2)17-8-6-14(12-23-17)24-18(26)9-10-22-19(27)15-7-5-13(20)11-16(15)21/h5-8,11-12H,3-4,9-10H2,1-2H3,(H,22,27)(H,24,26). The number of amides is 2. The third kappa shape index (κ3) is 5.73. The van der Waals surface area contributed by atoms with E-state index in [1.807, 2.05) is 19.9 Å². The van der Waals surface area contributed by atoms with Gasteiger partial charge in [0.25, 0.3) is 5.91 Å². The summed E-state index contributed by atoms with van der Waals surface area (Å²) in [5, 5.41) is 5.11. The number of benzene rings is 1. The van der Waals surface area contributed by atoms with Crippen LogP contribution in [0.2, 0.25) is 0 Å². The topological polar surface area (TPSA) is 74.3 Å². The van der Waals surface area contributed by atoms with E-state index in [-0.39, 0.29) is 24.4 Å². The van der Waals surface area contributed by atoms with Crippen LogP contribution in [-0.2, 0) is 4.79 Å². The zero-order valence-electron chi connectivity index (χ0n) is 15.3. The van der Waals surface area contributed by atoms with Gasteiger partial charge in [0.2, 0.25) is 5.91 Å². The van der Waals surface area contributed by atoms with Crippen LogP contribution in [0.15, 0.2) is 36.5 Å². The van der Waals surface area contributed by atoms with Crippen LogP contribution in [-0.4, -0.2) is 36.4 Å². The normalized spacial score (nSPS) is 10.4. The Balaban J connectivity index is 1.81. The van der Waals surface area contributed by atoms with Crippen LogP contribution in [0.4, 0.5) is 20.3 Å². The number of hydrogen-bond donors (Lipinski definition) is 2. The molecule has 1 aromatic heterocycles. The minimum Gasteiger partial charge on any atom is -0.357 e. The third-order valence-corrected chi connectivity index (χ3v) is 3.93. The molecule has 6 nitrogen and oxygen atoms in total. The minimum atomic E-state index is -0.948. The highest BCUT2D eigenvalue weighted by Crippen LogP contribution is 2.14. The van der Waals surface area contributed by atoms with Gasteiger partial charge in [0.1, 0.15) is 17.5 Å². The summed E-state index contributed by atoms with van der Waals surface area (Å²) in [6, 6.07) is 6.27. The monoisotopic (exact) mass is 376 g/mol. The predicted molar refractivity (Wildman–Crippen MR) is 99.7 cm³/mol. The smallest absolute Gasteiger partial charge is 0.254 e. The zero-order chi connectivity index (χ0) is 19.8. The van der Waals surface area contributed by atoms with Gasteiger partial charge in [-0.05, 0) is 38.1 Å². The van der Waals surface area contributed by atoms with Gasteiger partial charge in [-0.25, -0.2) is 13.8 Å². The summed E-state index contributed by atoms with van der Waals surface area (Å²) in [4.78, 5) is 30.2. The van der Waals surface area contributed by atoms with Gasteiger partial charge in [0.15, 0.2) is 0 Å². The van der Waals surface area contributed by atoms with Crippen LogP contribution in [0.1, 0.15) is 30.6 Å². The number of anilines is 2. The Morgan fingerprint density at radius 3 is 2.44 bits per heavy atom. The minimum absolute atomic E-state index is 0.00630. The molecule has 2 amide bonds. The van der Waals surface area contributed by atoms with E-state index in [0.717, 1.165) is 31.0 Å². The molecule has 2 aromatic rings. The van der Waals surface area contributed by atoms with Crippen LogP contribution in [0, 0.1) is 11.6 Å². The first-order chi connectivity index (χ1) is 12.9. The van der Waals surface area contributed by atoms with Crippen LogP contribution in [0.25, 0.3) is 0 Å². The van der Waals surface area contributed by atoms with Crippen LogP contribution in [0.5, 0.6) is 0 Å². The molecule has 0 aliphatic rings. The molecule has 0 saturated carbocycles. The van der Waals surface area contributed by atoms with Crippen molar-refractivity contribution in [2.24, 2.45) is 0 Å². The van der Waals surface area contributed by atoms with Gasteiger partial charge in [-0.1, -0.05) is 0 Å². The Morgan fingerprint density at radius 1 is 1.11 bits per heavy atom. The molecule has 0 unspecified atom stereocenters. The van der Waals surface area contributed by atoms with Crippen LogP contribution < -0.4 is 15.5 Å². The average Bonchev–Trinajstić information content (AvgIpc) is 2.64. The lowest BCUT2D eigenvalue weighted by atomic mass is 10.2.